The van der Waals surface area contributed by atoms with Gasteiger partial charge in [-0.05, 0) is 33.4 Å². The van der Waals surface area contributed by atoms with Gasteiger partial charge in [0.2, 0.25) is 0 Å². The second-order valence-corrected chi connectivity index (χ2v) is 16.2. The van der Waals surface area contributed by atoms with E-state index < -0.39 is 107 Å². The molecular weight excluding hydrogens is 877 g/mol. The highest BCUT2D eigenvalue weighted by Gasteiger charge is 2.55. The molecule has 12 nitrogen and oxygen atoms in total. The van der Waals surface area contributed by atoms with Crippen LogP contribution in [0.5, 0.6) is 0 Å². The van der Waals surface area contributed by atoms with Crippen LogP contribution in [0.15, 0.2) is 182 Å². The van der Waals surface area contributed by atoms with E-state index in [1.165, 1.54) is 14.0 Å². The molecule has 6 aromatic carbocycles. The monoisotopic (exact) mass is 944 g/mol. The average Bonchev–Trinajstić information content (AvgIpc) is 3.46. The van der Waals surface area contributed by atoms with Gasteiger partial charge in [-0.3, -0.25) is 4.79 Å². The minimum atomic E-state index is -1.65. The quantitative estimate of drug-likeness (QED) is 0.0539. The first-order chi connectivity index (χ1) is 36.5. The predicted molar refractivity (Wildman–Crippen MR) is 257 cm³/mol. The van der Waals surface area contributed by atoms with E-state index in [-0.39, 0.29) is 13.2 Å². The number of esters is 1. The molecule has 2 heterocycles. The summed E-state index contributed by atoms with van der Waals surface area (Å²) in [5, 5.41) is 0. The van der Waals surface area contributed by atoms with Crippen LogP contribution in [-0.2, 0) is 96.4 Å². The molecule has 2 saturated heterocycles. The fourth-order valence-electron chi connectivity index (χ4n) is 7.87. The Morgan fingerprint density at radius 2 is 0.725 bits per heavy atom. The zero-order valence-electron chi connectivity index (χ0n) is 44.4. The van der Waals surface area contributed by atoms with Crippen LogP contribution in [0.4, 0.5) is 0 Å². The molecule has 8 rings (SSSR count). The number of methoxy groups -OCH3 is 1. The van der Waals surface area contributed by atoms with E-state index >= 15 is 0 Å². The van der Waals surface area contributed by atoms with E-state index in [0.29, 0.717) is 33.4 Å². The Balaban J connectivity index is 1.25. The first-order valence-electron chi connectivity index (χ1n) is 26.3. The number of carbonyl (C=O) groups is 1. The van der Waals surface area contributed by atoms with Gasteiger partial charge in [0.15, 0.2) is 18.7 Å². The molecule has 0 amide bonds. The van der Waals surface area contributed by atoms with Crippen molar-refractivity contribution in [2.45, 2.75) is 108 Å². The molecule has 12 heteroatoms. The number of hydrogen-bond donors (Lipinski definition) is 0. The Hall–Kier alpha value is -5.61. The third-order valence-corrected chi connectivity index (χ3v) is 11.2. The minimum Gasteiger partial charge on any atom is -0.457 e. The van der Waals surface area contributed by atoms with Gasteiger partial charge in [0.05, 0.1) is 60.9 Å². The number of hydrogen-bond acceptors (Lipinski definition) is 12. The lowest BCUT2D eigenvalue weighted by Crippen LogP contribution is -2.66. The zero-order chi connectivity index (χ0) is 52.7. The second-order valence-electron chi connectivity index (χ2n) is 16.2. The Labute approximate surface area is 413 Å². The molecule has 2 aliphatic heterocycles. The summed E-state index contributed by atoms with van der Waals surface area (Å²) < 4.78 is 127. The van der Waals surface area contributed by atoms with Crippen LogP contribution in [0, 0.1) is 0 Å². The van der Waals surface area contributed by atoms with Crippen molar-refractivity contribution in [3.05, 3.63) is 215 Å². The van der Waals surface area contributed by atoms with Crippen LogP contribution in [0.1, 0.15) is 48.5 Å². The first-order valence-corrected chi connectivity index (χ1v) is 22.8. The van der Waals surface area contributed by atoms with E-state index in [4.69, 9.17) is 54.8 Å². The van der Waals surface area contributed by atoms with Crippen molar-refractivity contribution in [3.63, 3.8) is 0 Å². The normalized spacial score (nSPS) is 28.7. The summed E-state index contributed by atoms with van der Waals surface area (Å²) in [7, 11) is 1.40. The SMILES string of the molecule is [2H]C(OC[C@H]1OC(O[C@H]2[C@H](OC([2H])c3ccccc3)[C@@H](OC([2H])c3ccccc3)C(OC)O[C@@H]2COC([2H])c2ccccc2)[C@H](OC([2H])c2ccccc2)[C@@H](OC([2H])c2ccccc2)[C@H]1OC(C)=O)c1ccccc1. The molecule has 0 N–H and O–H groups in total. The van der Waals surface area contributed by atoms with Gasteiger partial charge in [-0.2, -0.15) is 0 Å². The van der Waals surface area contributed by atoms with E-state index in [9.17, 15) is 10.3 Å². The maximum absolute atomic E-state index is 13.2. The Morgan fingerprint density at radius 1 is 0.420 bits per heavy atom. The summed E-state index contributed by atoms with van der Waals surface area (Å²) in [5.74, 6) is -0.733. The molecule has 69 heavy (non-hydrogen) atoms. The van der Waals surface area contributed by atoms with Crippen molar-refractivity contribution in [3.8, 4) is 0 Å². The van der Waals surface area contributed by atoms with Crippen LogP contribution < -0.4 is 0 Å². The fourth-order valence-corrected chi connectivity index (χ4v) is 7.87. The molecule has 0 spiro atoms. The van der Waals surface area contributed by atoms with Crippen LogP contribution in [0.2, 0.25) is 0 Å². The van der Waals surface area contributed by atoms with Crippen molar-refractivity contribution in [1.82, 2.24) is 0 Å². The summed E-state index contributed by atoms with van der Waals surface area (Å²) >= 11 is 0. The van der Waals surface area contributed by atoms with Crippen LogP contribution >= 0.6 is 0 Å². The standard InChI is InChI=1S/C57H62O12/c1-41(58)66-50-48(39-60-33-42-21-9-3-10-22-42)68-57(55(65-38-47-31-19-8-20-32-47)52(50)62-35-44-25-13-5-14-26-44)69-51-49(40-61-34-43-23-11-4-12-24-43)67-56(59-2)54(64-37-46-29-17-7-18-30-46)53(51)63-36-45-27-15-6-16-28-45/h3-32,48-57H,33-40H2,1-2H3/t48-,49-,50+,51-,52+,53+,54-,55-,56?,57?/m1/s1/i33D,34D,35D,36D,37D,38D/t33?,34?,35?,36?,37?,38?,48-,49-,50+,51-,52+,53+,54-,55-,56?,57?. The molecule has 0 radical (unpaired) electrons. The van der Waals surface area contributed by atoms with Crippen LogP contribution in [-0.4, -0.2) is 87.7 Å². The van der Waals surface area contributed by atoms with Gasteiger partial charge in [0, 0.05) is 14.0 Å². The number of ether oxygens (including phenoxy) is 11. The summed E-state index contributed by atoms with van der Waals surface area (Å²) in [6, 6.07) is 52.8. The second kappa shape index (κ2) is 26.4. The summed E-state index contributed by atoms with van der Waals surface area (Å²) in [6.07, 6.45) is -13.9. The third-order valence-electron chi connectivity index (χ3n) is 11.2. The molecule has 362 valence electrons. The lowest BCUT2D eigenvalue weighted by atomic mass is 9.95. The van der Waals surface area contributed by atoms with Crippen molar-refractivity contribution in [2.24, 2.45) is 0 Å². The Kier molecular flexibility index (Phi) is 16.2. The average molecular weight is 945 g/mol. The molecule has 16 atom stereocenters. The highest BCUT2D eigenvalue weighted by molar-refractivity contribution is 5.66. The zero-order valence-corrected chi connectivity index (χ0v) is 38.4. The number of rotatable bonds is 24. The van der Waals surface area contributed by atoms with Gasteiger partial charge in [0.25, 0.3) is 0 Å². The van der Waals surface area contributed by atoms with Crippen LogP contribution in [0.25, 0.3) is 0 Å². The first kappa shape index (κ1) is 42.3. The topological polar surface area (TPSA) is 119 Å². The molecule has 0 bridgehead atoms. The molecule has 0 aliphatic carbocycles. The van der Waals surface area contributed by atoms with E-state index in [0.717, 1.165) is 0 Å². The minimum absolute atomic E-state index is 0.330. The van der Waals surface area contributed by atoms with Crippen molar-refractivity contribution < 1.29 is 65.1 Å². The molecule has 0 saturated carbocycles. The number of carbonyl (C=O) groups excluding carboxylic acids is 1. The summed E-state index contributed by atoms with van der Waals surface area (Å²) in [4.78, 5) is 13.2. The van der Waals surface area contributed by atoms with Gasteiger partial charge in [-0.1, -0.05) is 182 Å². The van der Waals surface area contributed by atoms with Crippen molar-refractivity contribution >= 4 is 5.97 Å². The molecular formula is C57H62O12. The summed E-state index contributed by atoms with van der Waals surface area (Å²) in [5.41, 5.74) is 2.93. The lowest BCUT2D eigenvalue weighted by molar-refractivity contribution is -0.373. The third kappa shape index (κ3) is 14.7. The Bertz CT molecular complexity index is 2590. The molecule has 6 aromatic rings. The van der Waals surface area contributed by atoms with Crippen molar-refractivity contribution in [2.75, 3.05) is 20.3 Å². The highest BCUT2D eigenvalue weighted by Crippen LogP contribution is 2.36. The predicted octanol–water partition coefficient (Wildman–Crippen LogP) is 9.17. The molecule has 2 aliphatic rings. The summed E-state index contributed by atoms with van der Waals surface area (Å²) in [6.45, 7) is -7.51. The Morgan fingerprint density at radius 3 is 1.09 bits per heavy atom. The smallest absolute Gasteiger partial charge is 0.303 e. The molecule has 0 aromatic heterocycles. The largest absolute Gasteiger partial charge is 0.457 e. The number of benzene rings is 6. The molecule has 2 fully saturated rings. The van der Waals surface area contributed by atoms with E-state index in [2.05, 4.69) is 0 Å². The highest BCUT2D eigenvalue weighted by atomic mass is 16.8. The molecule has 8 unspecified atom stereocenters. The van der Waals surface area contributed by atoms with Crippen molar-refractivity contribution in [1.29, 1.82) is 0 Å². The van der Waals surface area contributed by atoms with Gasteiger partial charge in [-0.15, -0.1) is 0 Å². The fraction of sp³-hybridized carbons (Fsp3) is 0.351. The van der Waals surface area contributed by atoms with Gasteiger partial charge >= 0.3 is 5.97 Å². The van der Waals surface area contributed by atoms with E-state index in [1.807, 2.05) is 24.3 Å². The van der Waals surface area contributed by atoms with E-state index in [1.54, 1.807) is 158 Å². The van der Waals surface area contributed by atoms with Gasteiger partial charge in [-0.25, -0.2) is 0 Å². The lowest BCUT2D eigenvalue weighted by Gasteiger charge is -2.50. The van der Waals surface area contributed by atoms with Crippen LogP contribution in [0.3, 0.4) is 0 Å². The maximum atomic E-state index is 13.2. The van der Waals surface area contributed by atoms with Gasteiger partial charge in [0.1, 0.15) is 42.7 Å². The van der Waals surface area contributed by atoms with Gasteiger partial charge < -0.3 is 52.1 Å². The maximum Gasteiger partial charge on any atom is 0.303 e.